The minimum atomic E-state index is -0.811. The summed E-state index contributed by atoms with van der Waals surface area (Å²) < 4.78 is 1.76. The van der Waals surface area contributed by atoms with Crippen LogP contribution >= 0.6 is 0 Å². The highest BCUT2D eigenvalue weighted by Gasteiger charge is 2.29. The molecule has 2 heterocycles. The summed E-state index contributed by atoms with van der Waals surface area (Å²) in [6.45, 7) is 0.965. The maximum absolute atomic E-state index is 12.2. The van der Waals surface area contributed by atoms with E-state index in [9.17, 15) is 9.59 Å². The summed E-state index contributed by atoms with van der Waals surface area (Å²) in [6, 6.07) is 3.57. The first-order valence-electron chi connectivity index (χ1n) is 5.73. The molecule has 0 aliphatic carbocycles. The highest BCUT2D eigenvalue weighted by atomic mass is 16.4. The van der Waals surface area contributed by atoms with Crippen LogP contribution in [0.2, 0.25) is 0 Å². The molecule has 1 fully saturated rings. The van der Waals surface area contributed by atoms with Crippen molar-refractivity contribution >= 4 is 11.9 Å². The summed E-state index contributed by atoms with van der Waals surface area (Å²) in [5.74, 6) is -1.31. The average Bonchev–Trinajstić information content (AvgIpc) is 2.74. The fraction of sp³-hybridized carbons (Fsp3) is 0.500. The van der Waals surface area contributed by atoms with Crippen molar-refractivity contribution in [3.05, 3.63) is 24.0 Å². The van der Waals surface area contributed by atoms with Gasteiger partial charge in [-0.05, 0) is 25.0 Å². The second kappa shape index (κ2) is 4.61. The average molecular weight is 236 g/mol. The number of hydrogen-bond acceptors (Lipinski definition) is 2. The molecule has 1 saturated heterocycles. The fourth-order valence-electron chi connectivity index (χ4n) is 2.21. The summed E-state index contributed by atoms with van der Waals surface area (Å²) in [7, 11) is 1.81. The molecular weight excluding hydrogens is 220 g/mol. The summed E-state index contributed by atoms with van der Waals surface area (Å²) in [5.41, 5.74) is 0.607. The van der Waals surface area contributed by atoms with Gasteiger partial charge in [-0.15, -0.1) is 0 Å². The molecule has 5 nitrogen and oxygen atoms in total. The number of hydrogen-bond donors (Lipinski definition) is 1. The number of amides is 1. The minimum absolute atomic E-state index is 0.0801. The summed E-state index contributed by atoms with van der Waals surface area (Å²) in [5, 5.41) is 8.98. The topological polar surface area (TPSA) is 62.5 Å². The molecule has 5 heteroatoms. The number of aliphatic carboxylic acids is 1. The number of carboxylic acid groups (broad SMARTS) is 1. The van der Waals surface area contributed by atoms with Gasteiger partial charge in [-0.1, -0.05) is 0 Å². The van der Waals surface area contributed by atoms with E-state index in [1.807, 2.05) is 19.3 Å². The lowest BCUT2D eigenvalue weighted by molar-refractivity contribution is -0.143. The maximum Gasteiger partial charge on any atom is 0.308 e. The van der Waals surface area contributed by atoms with Crippen molar-refractivity contribution in [2.75, 3.05) is 13.1 Å². The zero-order valence-electron chi connectivity index (χ0n) is 9.80. The van der Waals surface area contributed by atoms with Gasteiger partial charge in [0.15, 0.2) is 0 Å². The van der Waals surface area contributed by atoms with E-state index in [1.54, 1.807) is 15.5 Å². The zero-order chi connectivity index (χ0) is 12.4. The van der Waals surface area contributed by atoms with Crippen LogP contribution in [0.25, 0.3) is 0 Å². The molecule has 1 amide bonds. The molecule has 2 rings (SSSR count). The first-order valence-corrected chi connectivity index (χ1v) is 5.73. The van der Waals surface area contributed by atoms with E-state index in [1.165, 1.54) is 0 Å². The second-order valence-electron chi connectivity index (χ2n) is 4.43. The standard InChI is InChI=1S/C12H16N2O3/c1-13-6-3-5-10(13)11(15)14-7-2-4-9(8-14)12(16)17/h3,5-6,9H,2,4,7-8H2,1H3,(H,16,17)/t9-/m0/s1. The third kappa shape index (κ3) is 2.33. The molecule has 0 radical (unpaired) electrons. The molecule has 17 heavy (non-hydrogen) atoms. The van der Waals surface area contributed by atoms with Crippen molar-refractivity contribution in [2.24, 2.45) is 13.0 Å². The Hall–Kier alpha value is -1.78. The minimum Gasteiger partial charge on any atom is -0.481 e. The largest absolute Gasteiger partial charge is 0.481 e. The van der Waals surface area contributed by atoms with Gasteiger partial charge in [0.25, 0.3) is 5.91 Å². The molecule has 1 atom stereocenters. The van der Waals surface area contributed by atoms with E-state index in [-0.39, 0.29) is 5.91 Å². The number of aryl methyl sites for hydroxylation is 1. The first-order chi connectivity index (χ1) is 8.09. The van der Waals surface area contributed by atoms with Gasteiger partial charge in [-0.3, -0.25) is 9.59 Å². The molecule has 1 aromatic heterocycles. The highest BCUT2D eigenvalue weighted by molar-refractivity contribution is 5.93. The van der Waals surface area contributed by atoms with Gasteiger partial charge in [0, 0.05) is 26.3 Å². The summed E-state index contributed by atoms with van der Waals surface area (Å²) >= 11 is 0. The number of carbonyl (C=O) groups excluding carboxylic acids is 1. The van der Waals surface area contributed by atoms with E-state index in [4.69, 9.17) is 5.11 Å². The van der Waals surface area contributed by atoms with Gasteiger partial charge in [0.1, 0.15) is 5.69 Å². The Kier molecular flexibility index (Phi) is 3.17. The Morgan fingerprint density at radius 1 is 1.47 bits per heavy atom. The Labute approximate surface area is 99.6 Å². The van der Waals surface area contributed by atoms with Crippen LogP contribution in [0.3, 0.4) is 0 Å². The smallest absolute Gasteiger partial charge is 0.308 e. The number of carboxylic acids is 1. The molecule has 0 aromatic carbocycles. The van der Waals surface area contributed by atoms with Crippen molar-refractivity contribution < 1.29 is 14.7 Å². The first kappa shape index (κ1) is 11.7. The number of likely N-dealkylation sites (tertiary alicyclic amines) is 1. The molecule has 1 aliphatic rings. The van der Waals surface area contributed by atoms with E-state index in [0.717, 1.165) is 6.42 Å². The van der Waals surface area contributed by atoms with Crippen molar-refractivity contribution in [1.29, 1.82) is 0 Å². The highest BCUT2D eigenvalue weighted by Crippen LogP contribution is 2.18. The van der Waals surface area contributed by atoms with Crippen LogP contribution in [-0.4, -0.2) is 39.5 Å². The Balaban J connectivity index is 2.10. The van der Waals surface area contributed by atoms with Crippen LogP contribution in [0.5, 0.6) is 0 Å². The molecule has 0 saturated carbocycles. The normalized spacial score (nSPS) is 20.3. The van der Waals surface area contributed by atoms with E-state index in [0.29, 0.717) is 25.2 Å². The molecule has 0 bridgehead atoms. The predicted molar refractivity (Wildman–Crippen MR) is 61.7 cm³/mol. The van der Waals surface area contributed by atoms with Gasteiger partial charge in [0.2, 0.25) is 0 Å². The Bertz CT molecular complexity index is 439. The van der Waals surface area contributed by atoms with E-state index >= 15 is 0 Å². The van der Waals surface area contributed by atoms with Gasteiger partial charge in [-0.2, -0.15) is 0 Å². The zero-order valence-corrected chi connectivity index (χ0v) is 9.80. The SMILES string of the molecule is Cn1cccc1C(=O)N1CCC[C@H](C(=O)O)C1. The second-order valence-corrected chi connectivity index (χ2v) is 4.43. The van der Waals surface area contributed by atoms with Crippen molar-refractivity contribution in [3.8, 4) is 0 Å². The monoisotopic (exact) mass is 236 g/mol. The predicted octanol–water partition coefficient (Wildman–Crippen LogP) is 0.962. The fourth-order valence-corrected chi connectivity index (χ4v) is 2.21. The summed E-state index contributed by atoms with van der Waals surface area (Å²) in [6.07, 6.45) is 3.23. The third-order valence-electron chi connectivity index (χ3n) is 3.22. The number of piperidine rings is 1. The Morgan fingerprint density at radius 3 is 2.82 bits per heavy atom. The van der Waals surface area contributed by atoms with Crippen molar-refractivity contribution in [3.63, 3.8) is 0 Å². The number of aromatic nitrogens is 1. The third-order valence-corrected chi connectivity index (χ3v) is 3.22. The molecule has 1 aliphatic heterocycles. The van der Waals surface area contributed by atoms with Crippen molar-refractivity contribution in [2.45, 2.75) is 12.8 Å². The molecule has 92 valence electrons. The molecule has 1 aromatic rings. The number of carbonyl (C=O) groups is 2. The van der Waals surface area contributed by atoms with Crippen LogP contribution in [0.1, 0.15) is 23.3 Å². The number of rotatable bonds is 2. The van der Waals surface area contributed by atoms with Crippen LogP contribution in [0, 0.1) is 5.92 Å². The van der Waals surface area contributed by atoms with Crippen LogP contribution in [0.15, 0.2) is 18.3 Å². The lowest BCUT2D eigenvalue weighted by atomic mass is 9.98. The maximum atomic E-state index is 12.2. The number of nitrogens with zero attached hydrogens (tertiary/aromatic N) is 2. The van der Waals surface area contributed by atoms with Crippen LogP contribution in [-0.2, 0) is 11.8 Å². The molecule has 1 N–H and O–H groups in total. The van der Waals surface area contributed by atoms with Gasteiger partial charge < -0.3 is 14.6 Å². The lowest BCUT2D eigenvalue weighted by Gasteiger charge is -2.30. The quantitative estimate of drug-likeness (QED) is 0.832. The summed E-state index contributed by atoms with van der Waals surface area (Å²) in [4.78, 5) is 24.7. The van der Waals surface area contributed by atoms with E-state index in [2.05, 4.69) is 0 Å². The molecular formula is C12H16N2O3. The van der Waals surface area contributed by atoms with Gasteiger partial charge >= 0.3 is 5.97 Å². The lowest BCUT2D eigenvalue weighted by Crippen LogP contribution is -2.42. The van der Waals surface area contributed by atoms with Gasteiger partial charge in [-0.25, -0.2) is 0 Å². The van der Waals surface area contributed by atoms with Crippen LogP contribution < -0.4 is 0 Å². The molecule has 0 spiro atoms. The van der Waals surface area contributed by atoms with Crippen LogP contribution in [0.4, 0.5) is 0 Å². The van der Waals surface area contributed by atoms with Gasteiger partial charge in [0.05, 0.1) is 5.92 Å². The van der Waals surface area contributed by atoms with Crippen molar-refractivity contribution in [1.82, 2.24) is 9.47 Å². The molecule has 0 unspecified atom stereocenters. The van der Waals surface area contributed by atoms with E-state index < -0.39 is 11.9 Å². The Morgan fingerprint density at radius 2 is 2.24 bits per heavy atom.